The van der Waals surface area contributed by atoms with E-state index in [9.17, 15) is 9.90 Å². The van der Waals surface area contributed by atoms with E-state index in [0.717, 1.165) is 22.4 Å². The lowest BCUT2D eigenvalue weighted by Gasteiger charge is -2.13. The van der Waals surface area contributed by atoms with Gasteiger partial charge >= 0.3 is 0 Å². The van der Waals surface area contributed by atoms with Crippen molar-refractivity contribution in [2.45, 2.75) is 19.4 Å². The number of imidazole rings is 1. The molecule has 200 valence electrons. The van der Waals surface area contributed by atoms with Crippen LogP contribution in [0.15, 0.2) is 97.2 Å². The van der Waals surface area contributed by atoms with Gasteiger partial charge in [-0.05, 0) is 79.6 Å². The Morgan fingerprint density at radius 3 is 2.48 bits per heavy atom. The number of hydrogen-bond donors (Lipinski definition) is 2. The maximum Gasteiger partial charge on any atom is 0.255 e. The highest BCUT2D eigenvalue weighted by Crippen LogP contribution is 2.34. The van der Waals surface area contributed by atoms with Crippen molar-refractivity contribution in [1.29, 1.82) is 0 Å². The topological polar surface area (TPSA) is 85.6 Å². The van der Waals surface area contributed by atoms with Gasteiger partial charge in [0.25, 0.3) is 5.91 Å². The minimum absolute atomic E-state index is 0.157. The molecule has 2 N–H and O–H groups in total. The third-order valence-corrected chi connectivity index (χ3v) is 7.01. The number of anilines is 1. The lowest BCUT2D eigenvalue weighted by atomic mass is 10.0. The SMILES string of the molecule is CC(C)(O)c1cn(-c2ccc(-c3cccc(NC(=O)c4ccc5c(c4)OCO5)c3)cc2)c(-c2ccccc2Cl)n1. The third-order valence-electron chi connectivity index (χ3n) is 6.68. The molecule has 7 nitrogen and oxygen atoms in total. The summed E-state index contributed by atoms with van der Waals surface area (Å²) in [5, 5.41) is 14.2. The monoisotopic (exact) mass is 551 g/mol. The fraction of sp³-hybridized carbons (Fsp3) is 0.125. The molecule has 1 aliphatic rings. The smallest absolute Gasteiger partial charge is 0.255 e. The highest BCUT2D eigenvalue weighted by Gasteiger charge is 2.24. The number of carbonyl (C=O) groups excluding carboxylic acids is 1. The second-order valence-corrected chi connectivity index (χ2v) is 10.4. The van der Waals surface area contributed by atoms with Crippen LogP contribution in [0.4, 0.5) is 5.69 Å². The average Bonchev–Trinajstić information content (AvgIpc) is 3.61. The van der Waals surface area contributed by atoms with E-state index in [0.29, 0.717) is 39.3 Å². The predicted molar refractivity (Wildman–Crippen MR) is 155 cm³/mol. The Kier molecular flexibility index (Phi) is 6.54. The standard InChI is InChI=1S/C32H26ClN3O4/c1-32(2,38)29-18-36(30(35-29)25-8-3-4-9-26(25)33)24-13-10-20(11-14-24)21-6-5-7-23(16-21)34-31(37)22-12-15-27-28(17-22)40-19-39-27/h3-18,38H,19H2,1-2H3,(H,34,37). The van der Waals surface area contributed by atoms with E-state index >= 15 is 0 Å². The summed E-state index contributed by atoms with van der Waals surface area (Å²) in [7, 11) is 0. The third kappa shape index (κ3) is 5.04. The quantitative estimate of drug-likeness (QED) is 0.236. The lowest BCUT2D eigenvalue weighted by molar-refractivity contribution is 0.0743. The zero-order valence-electron chi connectivity index (χ0n) is 21.9. The summed E-state index contributed by atoms with van der Waals surface area (Å²) in [6, 6.07) is 28.3. The molecule has 8 heteroatoms. The number of nitrogens with one attached hydrogen (secondary N) is 1. The van der Waals surface area contributed by atoms with Crippen molar-refractivity contribution in [2.75, 3.05) is 12.1 Å². The molecule has 40 heavy (non-hydrogen) atoms. The van der Waals surface area contributed by atoms with Gasteiger partial charge in [-0.15, -0.1) is 0 Å². The number of amides is 1. The summed E-state index contributed by atoms with van der Waals surface area (Å²) < 4.78 is 12.6. The average molecular weight is 552 g/mol. The molecule has 1 amide bonds. The summed E-state index contributed by atoms with van der Waals surface area (Å²) in [5.41, 5.74) is 4.15. The second kappa shape index (κ2) is 10.2. The van der Waals surface area contributed by atoms with E-state index in [1.54, 1.807) is 32.0 Å². The van der Waals surface area contributed by atoms with Crippen molar-refractivity contribution in [3.05, 3.63) is 113 Å². The number of ether oxygens (including phenoxy) is 2. The Morgan fingerprint density at radius 1 is 0.925 bits per heavy atom. The first kappa shape index (κ1) is 25.7. The fourth-order valence-electron chi connectivity index (χ4n) is 4.54. The molecule has 1 aliphatic heterocycles. The Morgan fingerprint density at radius 2 is 1.70 bits per heavy atom. The number of hydrogen-bond acceptors (Lipinski definition) is 5. The van der Waals surface area contributed by atoms with Crippen LogP contribution < -0.4 is 14.8 Å². The van der Waals surface area contributed by atoms with Gasteiger partial charge in [-0.25, -0.2) is 4.98 Å². The summed E-state index contributed by atoms with van der Waals surface area (Å²) >= 11 is 6.50. The first-order chi connectivity index (χ1) is 19.3. The van der Waals surface area contributed by atoms with Crippen LogP contribution in [0.2, 0.25) is 5.02 Å². The summed E-state index contributed by atoms with van der Waals surface area (Å²) in [6.07, 6.45) is 1.83. The normalized spacial score (nSPS) is 12.4. The van der Waals surface area contributed by atoms with Crippen molar-refractivity contribution in [2.24, 2.45) is 0 Å². The molecule has 0 radical (unpaired) electrons. The zero-order valence-corrected chi connectivity index (χ0v) is 22.6. The number of fused-ring (bicyclic) bond motifs is 1. The summed E-state index contributed by atoms with van der Waals surface area (Å²) in [4.78, 5) is 17.6. The van der Waals surface area contributed by atoms with E-state index in [1.807, 2.05) is 83.6 Å². The van der Waals surface area contributed by atoms with Crippen LogP contribution in [0.5, 0.6) is 11.5 Å². The number of carbonyl (C=O) groups is 1. The second-order valence-electron chi connectivity index (χ2n) is 10.0. The molecule has 5 aromatic rings. The van der Waals surface area contributed by atoms with E-state index in [-0.39, 0.29) is 12.7 Å². The molecule has 0 saturated carbocycles. The van der Waals surface area contributed by atoms with Crippen LogP contribution in [-0.4, -0.2) is 27.4 Å². The molecule has 1 aromatic heterocycles. The van der Waals surface area contributed by atoms with Crippen molar-refractivity contribution in [3.63, 3.8) is 0 Å². The molecule has 0 unspecified atom stereocenters. The van der Waals surface area contributed by atoms with Gasteiger partial charge in [0.05, 0.1) is 10.7 Å². The molecular formula is C32H26ClN3O4. The number of aliphatic hydroxyl groups is 1. The molecule has 0 atom stereocenters. The Hall–Kier alpha value is -4.59. The Labute approximate surface area is 236 Å². The molecule has 6 rings (SSSR count). The Balaban J connectivity index is 1.27. The van der Waals surface area contributed by atoms with Crippen LogP contribution in [0.1, 0.15) is 29.9 Å². The van der Waals surface area contributed by atoms with Crippen molar-refractivity contribution >= 4 is 23.2 Å². The highest BCUT2D eigenvalue weighted by molar-refractivity contribution is 6.33. The zero-order chi connectivity index (χ0) is 27.9. The van der Waals surface area contributed by atoms with E-state index in [2.05, 4.69) is 5.32 Å². The number of aromatic nitrogens is 2. The Bertz CT molecular complexity index is 1720. The largest absolute Gasteiger partial charge is 0.454 e. The van der Waals surface area contributed by atoms with Crippen LogP contribution in [0.3, 0.4) is 0 Å². The molecule has 2 heterocycles. The van der Waals surface area contributed by atoms with Crippen molar-refractivity contribution in [3.8, 4) is 39.7 Å². The first-order valence-corrected chi connectivity index (χ1v) is 13.1. The fourth-order valence-corrected chi connectivity index (χ4v) is 4.76. The molecule has 4 aromatic carbocycles. The minimum Gasteiger partial charge on any atom is -0.454 e. The summed E-state index contributed by atoms with van der Waals surface area (Å²) in [6.45, 7) is 3.57. The number of benzene rings is 4. The van der Waals surface area contributed by atoms with Crippen LogP contribution >= 0.6 is 11.6 Å². The van der Waals surface area contributed by atoms with Gasteiger partial charge in [0, 0.05) is 28.7 Å². The van der Waals surface area contributed by atoms with Gasteiger partial charge in [0.15, 0.2) is 11.5 Å². The molecule has 0 aliphatic carbocycles. The van der Waals surface area contributed by atoms with Crippen molar-refractivity contribution < 1.29 is 19.4 Å². The van der Waals surface area contributed by atoms with Gasteiger partial charge in [0.1, 0.15) is 11.4 Å². The van der Waals surface area contributed by atoms with Crippen molar-refractivity contribution in [1.82, 2.24) is 9.55 Å². The number of halogens is 1. The number of rotatable bonds is 6. The number of nitrogens with zero attached hydrogens (tertiary/aromatic N) is 2. The predicted octanol–water partition coefficient (Wildman–Crippen LogP) is 7.07. The molecule has 0 spiro atoms. The van der Waals surface area contributed by atoms with Gasteiger partial charge in [-0.1, -0.05) is 48.0 Å². The maximum absolute atomic E-state index is 12.9. The van der Waals surface area contributed by atoms with Gasteiger partial charge in [-0.3, -0.25) is 9.36 Å². The minimum atomic E-state index is -1.12. The van der Waals surface area contributed by atoms with Gasteiger partial charge in [0.2, 0.25) is 6.79 Å². The van der Waals surface area contributed by atoms with E-state index in [4.69, 9.17) is 26.1 Å². The van der Waals surface area contributed by atoms with E-state index in [1.165, 1.54) is 0 Å². The van der Waals surface area contributed by atoms with Gasteiger partial charge < -0.3 is 19.9 Å². The molecule has 0 fully saturated rings. The lowest BCUT2D eigenvalue weighted by Crippen LogP contribution is -2.15. The maximum atomic E-state index is 12.9. The van der Waals surface area contributed by atoms with Crippen LogP contribution in [-0.2, 0) is 5.60 Å². The first-order valence-electron chi connectivity index (χ1n) is 12.8. The van der Waals surface area contributed by atoms with E-state index < -0.39 is 5.60 Å². The molecule has 0 saturated heterocycles. The molecule has 0 bridgehead atoms. The summed E-state index contributed by atoms with van der Waals surface area (Å²) in [5.74, 6) is 1.60. The van der Waals surface area contributed by atoms with Gasteiger partial charge in [-0.2, -0.15) is 0 Å². The van der Waals surface area contributed by atoms with Crippen LogP contribution in [0, 0.1) is 0 Å². The van der Waals surface area contributed by atoms with Crippen LogP contribution in [0.25, 0.3) is 28.2 Å². The highest BCUT2D eigenvalue weighted by atomic mass is 35.5. The molecular weight excluding hydrogens is 526 g/mol.